The molecule has 7 nitrogen and oxygen atoms in total. The minimum atomic E-state index is -0.688. The fraction of sp³-hybridized carbons (Fsp3) is 0.500. The van der Waals surface area contributed by atoms with E-state index in [1.165, 1.54) is 18.4 Å². The maximum atomic E-state index is 13.5. The standard InChI is InChI=1S/C22H30N2O5S/c1-7-29-12-9-11-24(21(26)17-10-8-13-30-17)16(4)20(25)18-14(2)19(22(27)28-6)23(5)15(18)3/h8,10,13,16H,7,9,11-12H2,1-6H3/t16-/m1/s1. The largest absolute Gasteiger partial charge is 0.464 e. The van der Waals surface area contributed by atoms with Crippen LogP contribution in [0.5, 0.6) is 0 Å². The second kappa shape index (κ2) is 10.5. The highest BCUT2D eigenvalue weighted by Crippen LogP contribution is 2.25. The van der Waals surface area contributed by atoms with Gasteiger partial charge in [-0.15, -0.1) is 11.3 Å². The molecular formula is C22H30N2O5S. The Kier molecular flexibility index (Phi) is 8.37. The molecule has 0 aliphatic carbocycles. The Balaban J connectivity index is 2.37. The van der Waals surface area contributed by atoms with Gasteiger partial charge in [-0.2, -0.15) is 0 Å². The van der Waals surface area contributed by atoms with Gasteiger partial charge in [-0.05, 0) is 51.1 Å². The zero-order valence-corrected chi connectivity index (χ0v) is 19.3. The first-order chi connectivity index (χ1) is 14.3. The highest BCUT2D eigenvalue weighted by molar-refractivity contribution is 7.12. The van der Waals surface area contributed by atoms with Crippen LogP contribution in [-0.4, -0.2) is 60.0 Å². The number of hydrogen-bond donors (Lipinski definition) is 0. The first-order valence-corrected chi connectivity index (χ1v) is 10.8. The van der Waals surface area contributed by atoms with E-state index in [0.29, 0.717) is 53.6 Å². The van der Waals surface area contributed by atoms with Crippen molar-refractivity contribution in [1.82, 2.24) is 9.47 Å². The van der Waals surface area contributed by atoms with Gasteiger partial charge < -0.3 is 18.9 Å². The molecule has 2 aromatic heterocycles. The molecule has 0 aliphatic heterocycles. The Bertz CT molecular complexity index is 901. The van der Waals surface area contributed by atoms with Crippen molar-refractivity contribution in [3.8, 4) is 0 Å². The number of aromatic nitrogens is 1. The fourth-order valence-corrected chi connectivity index (χ4v) is 4.25. The lowest BCUT2D eigenvalue weighted by atomic mass is 9.99. The molecule has 2 aromatic rings. The van der Waals surface area contributed by atoms with Crippen LogP contribution in [0.4, 0.5) is 0 Å². The summed E-state index contributed by atoms with van der Waals surface area (Å²) in [4.78, 5) is 40.9. The zero-order chi connectivity index (χ0) is 22.4. The summed E-state index contributed by atoms with van der Waals surface area (Å²) >= 11 is 1.35. The highest BCUT2D eigenvalue weighted by atomic mass is 32.1. The molecule has 0 aromatic carbocycles. The third kappa shape index (κ3) is 4.82. The molecule has 0 fully saturated rings. The van der Waals surface area contributed by atoms with Gasteiger partial charge in [-0.1, -0.05) is 6.07 Å². The van der Waals surface area contributed by atoms with Crippen molar-refractivity contribution in [2.45, 2.75) is 40.2 Å². The van der Waals surface area contributed by atoms with Crippen molar-refractivity contribution in [3.05, 3.63) is 44.9 Å². The van der Waals surface area contributed by atoms with Crippen molar-refractivity contribution in [2.24, 2.45) is 7.05 Å². The van der Waals surface area contributed by atoms with Crippen LogP contribution < -0.4 is 0 Å². The molecular weight excluding hydrogens is 404 g/mol. The molecule has 0 aliphatic rings. The zero-order valence-electron chi connectivity index (χ0n) is 18.5. The number of amides is 1. The molecule has 30 heavy (non-hydrogen) atoms. The number of carbonyl (C=O) groups is 3. The van der Waals surface area contributed by atoms with Crippen LogP contribution in [0.2, 0.25) is 0 Å². The van der Waals surface area contributed by atoms with Crippen LogP contribution in [0.3, 0.4) is 0 Å². The first-order valence-electron chi connectivity index (χ1n) is 9.96. The summed E-state index contributed by atoms with van der Waals surface area (Å²) < 4.78 is 11.9. The Labute approximate surface area is 181 Å². The molecule has 0 N–H and O–H groups in total. The SMILES string of the molecule is CCOCCCN(C(=O)c1cccs1)[C@H](C)C(=O)c1c(C)c(C(=O)OC)n(C)c1C. The van der Waals surface area contributed by atoms with E-state index in [-0.39, 0.29) is 11.7 Å². The minimum absolute atomic E-state index is 0.179. The molecule has 0 bridgehead atoms. The second-order valence-corrected chi connectivity index (χ2v) is 8.00. The number of esters is 1. The Hall–Kier alpha value is -2.45. The van der Waals surface area contributed by atoms with Crippen molar-refractivity contribution in [2.75, 3.05) is 26.9 Å². The number of carbonyl (C=O) groups excluding carboxylic acids is 3. The van der Waals surface area contributed by atoms with E-state index in [1.807, 2.05) is 18.4 Å². The predicted molar refractivity (Wildman–Crippen MR) is 116 cm³/mol. The quantitative estimate of drug-likeness (QED) is 0.324. The summed E-state index contributed by atoms with van der Waals surface area (Å²) in [6.45, 7) is 8.70. The van der Waals surface area contributed by atoms with Crippen LogP contribution in [-0.2, 0) is 16.5 Å². The molecule has 1 amide bonds. The predicted octanol–water partition coefficient (Wildman–Crippen LogP) is 3.63. The molecule has 1 atom stereocenters. The van der Waals surface area contributed by atoms with Gasteiger partial charge in [0, 0.05) is 38.1 Å². The Morgan fingerprint density at radius 1 is 1.27 bits per heavy atom. The maximum Gasteiger partial charge on any atom is 0.354 e. The highest BCUT2D eigenvalue weighted by Gasteiger charge is 2.32. The van der Waals surface area contributed by atoms with Crippen LogP contribution in [0.25, 0.3) is 0 Å². The lowest BCUT2D eigenvalue weighted by molar-refractivity contribution is 0.0586. The average molecular weight is 435 g/mol. The van der Waals surface area contributed by atoms with Crippen molar-refractivity contribution in [3.63, 3.8) is 0 Å². The molecule has 0 unspecified atom stereocenters. The van der Waals surface area contributed by atoms with Gasteiger partial charge in [-0.25, -0.2) is 4.79 Å². The average Bonchev–Trinajstić information content (AvgIpc) is 3.34. The molecule has 8 heteroatoms. The van der Waals surface area contributed by atoms with Crippen molar-refractivity contribution in [1.29, 1.82) is 0 Å². The number of ether oxygens (including phenoxy) is 2. The number of hydrogen-bond acceptors (Lipinski definition) is 6. The van der Waals surface area contributed by atoms with Gasteiger partial charge in [0.1, 0.15) is 5.69 Å². The van der Waals surface area contributed by atoms with E-state index >= 15 is 0 Å². The third-order valence-corrected chi connectivity index (χ3v) is 6.15. The van der Waals surface area contributed by atoms with Crippen LogP contribution in [0.15, 0.2) is 17.5 Å². The summed E-state index contributed by atoms with van der Waals surface area (Å²) in [7, 11) is 3.04. The van der Waals surface area contributed by atoms with Crippen molar-refractivity contribution >= 4 is 29.0 Å². The Morgan fingerprint density at radius 2 is 1.97 bits per heavy atom. The van der Waals surface area contributed by atoms with Gasteiger partial charge in [0.05, 0.1) is 18.0 Å². The molecule has 0 saturated carbocycles. The fourth-order valence-electron chi connectivity index (χ4n) is 3.57. The van der Waals surface area contributed by atoms with Gasteiger partial charge >= 0.3 is 5.97 Å². The summed E-state index contributed by atoms with van der Waals surface area (Å²) in [5.41, 5.74) is 2.04. The normalized spacial score (nSPS) is 11.9. The van der Waals surface area contributed by atoms with Crippen molar-refractivity contribution < 1.29 is 23.9 Å². The van der Waals surface area contributed by atoms with E-state index < -0.39 is 12.0 Å². The van der Waals surface area contributed by atoms with Gasteiger partial charge in [-0.3, -0.25) is 9.59 Å². The molecule has 2 rings (SSSR count). The summed E-state index contributed by atoms with van der Waals surface area (Å²) in [6, 6.07) is 2.89. The molecule has 164 valence electrons. The minimum Gasteiger partial charge on any atom is -0.464 e. The van der Waals surface area contributed by atoms with E-state index in [1.54, 1.807) is 43.4 Å². The lowest BCUT2D eigenvalue weighted by Gasteiger charge is -2.28. The molecule has 2 heterocycles. The van der Waals surface area contributed by atoms with Gasteiger partial charge in [0.25, 0.3) is 5.91 Å². The number of rotatable bonds is 10. The molecule has 0 spiro atoms. The topological polar surface area (TPSA) is 77.8 Å². The van der Waals surface area contributed by atoms with E-state index in [9.17, 15) is 14.4 Å². The third-order valence-electron chi connectivity index (χ3n) is 5.29. The van der Waals surface area contributed by atoms with E-state index in [0.717, 1.165) is 0 Å². The maximum absolute atomic E-state index is 13.5. The summed E-state index contributed by atoms with van der Waals surface area (Å²) in [6.07, 6.45) is 0.628. The number of methoxy groups -OCH3 is 1. The van der Waals surface area contributed by atoms with E-state index in [4.69, 9.17) is 9.47 Å². The van der Waals surface area contributed by atoms with E-state index in [2.05, 4.69) is 0 Å². The Morgan fingerprint density at radius 3 is 2.53 bits per heavy atom. The van der Waals surface area contributed by atoms with Crippen LogP contribution in [0, 0.1) is 13.8 Å². The first kappa shape index (κ1) is 23.8. The second-order valence-electron chi connectivity index (χ2n) is 7.05. The monoisotopic (exact) mass is 434 g/mol. The smallest absolute Gasteiger partial charge is 0.354 e. The van der Waals surface area contributed by atoms with Gasteiger partial charge in [0.2, 0.25) is 0 Å². The number of ketones is 1. The lowest BCUT2D eigenvalue weighted by Crippen LogP contribution is -2.44. The number of nitrogens with zero attached hydrogens (tertiary/aromatic N) is 2. The summed E-state index contributed by atoms with van der Waals surface area (Å²) in [5.74, 6) is -0.869. The number of thiophene rings is 1. The summed E-state index contributed by atoms with van der Waals surface area (Å²) in [5, 5.41) is 1.84. The van der Waals surface area contributed by atoms with Crippen LogP contribution in [0.1, 0.15) is 62.0 Å². The molecule has 0 saturated heterocycles. The van der Waals surface area contributed by atoms with Gasteiger partial charge in [0.15, 0.2) is 5.78 Å². The number of Topliss-reactive ketones (excluding diaryl/α,β-unsaturated/α-hetero) is 1. The van der Waals surface area contributed by atoms with Crippen LogP contribution >= 0.6 is 11.3 Å². The molecule has 0 radical (unpaired) electrons.